The lowest BCUT2D eigenvalue weighted by Crippen LogP contribution is -1.92. The van der Waals surface area contributed by atoms with Crippen LogP contribution in [-0.2, 0) is 6.42 Å². The normalized spacial score (nSPS) is 10.8. The average molecular weight is 278 g/mol. The number of aromatic nitrogens is 2. The summed E-state index contributed by atoms with van der Waals surface area (Å²) in [6, 6.07) is 7.74. The molecule has 3 nitrogen and oxygen atoms in total. The average Bonchev–Trinajstić information content (AvgIpc) is 2.76. The van der Waals surface area contributed by atoms with Gasteiger partial charge in [0.05, 0.1) is 0 Å². The van der Waals surface area contributed by atoms with Gasteiger partial charge in [-0.1, -0.05) is 49.9 Å². The van der Waals surface area contributed by atoms with Crippen molar-refractivity contribution in [1.29, 1.82) is 0 Å². The fourth-order valence-electron chi connectivity index (χ4n) is 2.27. The van der Waals surface area contributed by atoms with Gasteiger partial charge in [0.25, 0.3) is 0 Å². The standard InChI is InChI=1S/C15H20ClN3/c1-2-3-4-5-9-13-14(15(17)19-18-13)11-7-6-8-12(16)10-11/h6-8,10H,2-5,9H2,1H3,(H3,17,18,19). The minimum Gasteiger partial charge on any atom is -0.382 e. The molecule has 2 rings (SSSR count). The Morgan fingerprint density at radius 2 is 2.11 bits per heavy atom. The number of aryl methyl sites for hydroxylation is 1. The van der Waals surface area contributed by atoms with Gasteiger partial charge in [-0.25, -0.2) is 0 Å². The monoisotopic (exact) mass is 277 g/mol. The van der Waals surface area contributed by atoms with Gasteiger partial charge >= 0.3 is 0 Å². The van der Waals surface area contributed by atoms with Crippen molar-refractivity contribution in [3.05, 3.63) is 35.0 Å². The van der Waals surface area contributed by atoms with Crippen molar-refractivity contribution in [2.24, 2.45) is 0 Å². The molecule has 1 heterocycles. The molecule has 19 heavy (non-hydrogen) atoms. The molecule has 2 aromatic rings. The number of benzene rings is 1. The number of H-pyrrole nitrogens is 1. The highest BCUT2D eigenvalue weighted by molar-refractivity contribution is 6.30. The molecule has 0 radical (unpaired) electrons. The molecule has 1 aromatic heterocycles. The molecule has 0 amide bonds. The smallest absolute Gasteiger partial charge is 0.153 e. The quantitative estimate of drug-likeness (QED) is 0.767. The number of nitrogens with zero attached hydrogens (tertiary/aromatic N) is 1. The number of nitrogens with one attached hydrogen (secondary N) is 1. The molecule has 0 saturated heterocycles. The third kappa shape index (κ3) is 3.51. The maximum absolute atomic E-state index is 6.04. The first-order chi connectivity index (χ1) is 9.22. The van der Waals surface area contributed by atoms with Crippen molar-refractivity contribution in [2.45, 2.75) is 39.0 Å². The molecule has 0 saturated carbocycles. The minimum atomic E-state index is 0.549. The zero-order valence-corrected chi connectivity index (χ0v) is 12.0. The van der Waals surface area contributed by atoms with Crippen LogP contribution in [0.2, 0.25) is 5.02 Å². The molecule has 3 N–H and O–H groups in total. The third-order valence-corrected chi connectivity index (χ3v) is 3.50. The predicted octanol–water partition coefficient (Wildman–Crippen LogP) is 4.44. The van der Waals surface area contributed by atoms with Gasteiger partial charge in [0, 0.05) is 16.3 Å². The van der Waals surface area contributed by atoms with Gasteiger partial charge in [-0.15, -0.1) is 0 Å². The summed E-state index contributed by atoms with van der Waals surface area (Å²) < 4.78 is 0. The molecule has 0 atom stereocenters. The summed E-state index contributed by atoms with van der Waals surface area (Å²) in [5, 5.41) is 7.90. The van der Waals surface area contributed by atoms with Crippen molar-refractivity contribution in [1.82, 2.24) is 10.2 Å². The van der Waals surface area contributed by atoms with Crippen LogP contribution in [-0.4, -0.2) is 10.2 Å². The van der Waals surface area contributed by atoms with Crippen molar-refractivity contribution in [3.63, 3.8) is 0 Å². The first-order valence-electron chi connectivity index (χ1n) is 6.81. The van der Waals surface area contributed by atoms with Crippen LogP contribution in [0.1, 0.15) is 38.3 Å². The van der Waals surface area contributed by atoms with E-state index >= 15 is 0 Å². The van der Waals surface area contributed by atoms with Crippen LogP contribution >= 0.6 is 11.6 Å². The molecule has 0 fully saturated rings. The van der Waals surface area contributed by atoms with Crippen LogP contribution in [0, 0.1) is 0 Å². The Morgan fingerprint density at radius 3 is 2.84 bits per heavy atom. The van der Waals surface area contributed by atoms with Crippen LogP contribution in [0.3, 0.4) is 0 Å². The minimum absolute atomic E-state index is 0.549. The number of anilines is 1. The lowest BCUT2D eigenvalue weighted by Gasteiger charge is -2.05. The zero-order valence-electron chi connectivity index (χ0n) is 11.2. The summed E-state index contributed by atoms with van der Waals surface area (Å²) in [6.07, 6.45) is 5.89. The lowest BCUT2D eigenvalue weighted by molar-refractivity contribution is 0.660. The first kappa shape index (κ1) is 13.9. The Morgan fingerprint density at radius 1 is 1.26 bits per heavy atom. The predicted molar refractivity (Wildman–Crippen MR) is 81.3 cm³/mol. The topological polar surface area (TPSA) is 54.7 Å². The Hall–Kier alpha value is -1.48. The molecule has 4 heteroatoms. The summed E-state index contributed by atoms with van der Waals surface area (Å²) in [5.74, 6) is 0.549. The van der Waals surface area contributed by atoms with Crippen LogP contribution in [0.5, 0.6) is 0 Å². The molecule has 102 valence electrons. The van der Waals surface area contributed by atoms with Crippen molar-refractivity contribution in [3.8, 4) is 11.1 Å². The van der Waals surface area contributed by atoms with E-state index in [2.05, 4.69) is 17.1 Å². The van der Waals surface area contributed by atoms with Crippen molar-refractivity contribution >= 4 is 17.4 Å². The third-order valence-electron chi connectivity index (χ3n) is 3.26. The van der Waals surface area contributed by atoms with Gasteiger partial charge in [0.2, 0.25) is 0 Å². The number of nitrogens with two attached hydrogens (primary N) is 1. The summed E-state index contributed by atoms with van der Waals surface area (Å²) >= 11 is 6.04. The summed E-state index contributed by atoms with van der Waals surface area (Å²) in [5.41, 5.74) is 9.11. The summed E-state index contributed by atoms with van der Waals surface area (Å²) in [4.78, 5) is 0. The van der Waals surface area contributed by atoms with Crippen LogP contribution < -0.4 is 5.73 Å². The molecule has 0 aliphatic heterocycles. The molecule has 0 aliphatic carbocycles. The van der Waals surface area contributed by atoms with Gasteiger partial charge in [0.15, 0.2) is 5.82 Å². The highest BCUT2D eigenvalue weighted by Gasteiger charge is 2.12. The molecular formula is C15H20ClN3. The second-order valence-electron chi connectivity index (χ2n) is 4.78. The van der Waals surface area contributed by atoms with E-state index in [0.29, 0.717) is 5.82 Å². The maximum Gasteiger partial charge on any atom is 0.153 e. The van der Waals surface area contributed by atoms with E-state index in [1.165, 1.54) is 19.3 Å². The van der Waals surface area contributed by atoms with E-state index in [1.54, 1.807) is 0 Å². The van der Waals surface area contributed by atoms with Gasteiger partial charge in [-0.3, -0.25) is 5.10 Å². The Labute approximate surface area is 119 Å². The van der Waals surface area contributed by atoms with E-state index < -0.39 is 0 Å². The number of unbranched alkanes of at least 4 members (excludes halogenated alkanes) is 3. The zero-order chi connectivity index (χ0) is 13.7. The van der Waals surface area contributed by atoms with E-state index in [4.69, 9.17) is 17.3 Å². The van der Waals surface area contributed by atoms with Crippen molar-refractivity contribution < 1.29 is 0 Å². The number of aromatic amines is 1. The number of halogens is 1. The highest BCUT2D eigenvalue weighted by atomic mass is 35.5. The molecule has 1 aromatic carbocycles. The maximum atomic E-state index is 6.04. The van der Waals surface area contributed by atoms with Crippen molar-refractivity contribution in [2.75, 3.05) is 5.73 Å². The molecular weight excluding hydrogens is 258 g/mol. The number of hydrogen-bond acceptors (Lipinski definition) is 2. The molecule has 0 unspecified atom stereocenters. The fourth-order valence-corrected chi connectivity index (χ4v) is 2.46. The summed E-state index contributed by atoms with van der Waals surface area (Å²) in [6.45, 7) is 2.21. The Kier molecular flexibility index (Phi) is 4.86. The first-order valence-corrected chi connectivity index (χ1v) is 7.18. The van der Waals surface area contributed by atoms with Gasteiger partial charge in [-0.05, 0) is 30.5 Å². The van der Waals surface area contributed by atoms with E-state index in [1.807, 2.05) is 24.3 Å². The van der Waals surface area contributed by atoms with Gasteiger partial charge < -0.3 is 5.73 Å². The van der Waals surface area contributed by atoms with Gasteiger partial charge in [0.1, 0.15) is 0 Å². The van der Waals surface area contributed by atoms with E-state index in [9.17, 15) is 0 Å². The van der Waals surface area contributed by atoms with Crippen LogP contribution in [0.4, 0.5) is 5.82 Å². The van der Waals surface area contributed by atoms with Crippen LogP contribution in [0.15, 0.2) is 24.3 Å². The van der Waals surface area contributed by atoms with Gasteiger partial charge in [-0.2, -0.15) is 5.10 Å². The Balaban J connectivity index is 2.18. The lowest BCUT2D eigenvalue weighted by atomic mass is 10.0. The molecule has 0 spiro atoms. The second-order valence-corrected chi connectivity index (χ2v) is 5.22. The fraction of sp³-hybridized carbons (Fsp3) is 0.400. The number of rotatable bonds is 6. The van der Waals surface area contributed by atoms with E-state index in [0.717, 1.165) is 34.7 Å². The molecule has 0 bridgehead atoms. The summed E-state index contributed by atoms with van der Waals surface area (Å²) in [7, 11) is 0. The largest absolute Gasteiger partial charge is 0.382 e. The number of nitrogen functional groups attached to an aromatic ring is 1. The molecule has 0 aliphatic rings. The Bertz CT molecular complexity index is 534. The van der Waals surface area contributed by atoms with E-state index in [-0.39, 0.29) is 0 Å². The second kappa shape index (κ2) is 6.62. The highest BCUT2D eigenvalue weighted by Crippen LogP contribution is 2.30. The number of hydrogen-bond donors (Lipinski definition) is 2. The van der Waals surface area contributed by atoms with Crippen LogP contribution in [0.25, 0.3) is 11.1 Å². The SMILES string of the molecule is CCCCCCc1[nH]nc(N)c1-c1cccc(Cl)c1.